The number of hydrogen-bond donors (Lipinski definition) is 4. The average molecular weight is 1230 g/mol. The summed E-state index contributed by atoms with van der Waals surface area (Å²) in [4.78, 5) is 83.6. The van der Waals surface area contributed by atoms with E-state index in [0.717, 1.165) is 58.3 Å². The maximum absolute atomic E-state index is 12.0. The molecule has 1 radical (unpaired) electrons. The van der Waals surface area contributed by atoms with Crippen molar-refractivity contribution in [2.45, 2.75) is 39.4 Å². The Morgan fingerprint density at radius 1 is 0.500 bits per heavy atom. The molecule has 2 aliphatic heterocycles. The minimum atomic E-state index is -1.39. The van der Waals surface area contributed by atoms with Crippen molar-refractivity contribution >= 4 is 103 Å². The van der Waals surface area contributed by atoms with Crippen LogP contribution in [0.15, 0.2) is 121 Å². The van der Waals surface area contributed by atoms with Gasteiger partial charge < -0.3 is 64.5 Å². The van der Waals surface area contributed by atoms with Crippen LogP contribution in [0.25, 0.3) is 89.7 Å². The number of benzene rings is 7. The summed E-state index contributed by atoms with van der Waals surface area (Å²) in [6.45, 7) is 5.81. The molecular weight excluding hydrogens is 1190 g/mol. The van der Waals surface area contributed by atoms with E-state index in [1.807, 2.05) is 66.2 Å². The van der Waals surface area contributed by atoms with E-state index in [0.29, 0.717) is 56.6 Å². The van der Waals surface area contributed by atoms with Gasteiger partial charge in [0.2, 0.25) is 0 Å². The predicted octanol–water partition coefficient (Wildman–Crippen LogP) is 12.6. The van der Waals surface area contributed by atoms with Gasteiger partial charge in [0, 0.05) is 55.6 Å². The number of carboxylic acid groups (broad SMARTS) is 4. The van der Waals surface area contributed by atoms with Crippen molar-refractivity contribution in [2.24, 2.45) is 7.05 Å². The summed E-state index contributed by atoms with van der Waals surface area (Å²) in [5, 5.41) is 40.6. The third kappa shape index (κ3) is 10.3. The summed E-state index contributed by atoms with van der Waals surface area (Å²) in [6.07, 6.45) is 0. The molecule has 3 aromatic heterocycles. The molecule has 19 nitrogen and oxygen atoms in total. The third-order valence-electron chi connectivity index (χ3n) is 13.9. The van der Waals surface area contributed by atoms with Gasteiger partial charge in [0.15, 0.2) is 5.75 Å². The van der Waals surface area contributed by atoms with E-state index < -0.39 is 23.9 Å². The fraction of sp³-hybridized carbons (Fsp3) is 0.115. The van der Waals surface area contributed by atoms with Gasteiger partial charge in [0.25, 0.3) is 0 Å². The first-order valence-electron chi connectivity index (χ1n) is 25.2. The molecule has 0 unspecified atom stereocenters. The summed E-state index contributed by atoms with van der Waals surface area (Å²) in [5.41, 5.74) is 4.01. The van der Waals surface area contributed by atoms with Crippen LogP contribution in [-0.2, 0) is 42.7 Å². The SMILES string of the molecule is C[n+]1c2nc3[n-]c(nc4nc(nc5[n-]c(nc1-c1ccccc1-2)c1c(Cl)c(Oc2cc(COc6cc(C(=O)O)cc(C(=O)O)c6)cc(COc6cc(C(=O)O)cc(C(=O)O)c6)c2)c(Cl)c(Cl)c51)-c1ccccc1-4)c1ccc(C(C)(C)C)cc31.[Cu+2]. The van der Waals surface area contributed by atoms with Crippen LogP contribution in [0.1, 0.15) is 78.9 Å². The van der Waals surface area contributed by atoms with Crippen LogP contribution >= 0.6 is 34.8 Å². The molecular formula is C61H40Cl3CuN8O11+. The Labute approximate surface area is 500 Å². The zero-order chi connectivity index (χ0) is 58.3. The zero-order valence-corrected chi connectivity index (χ0v) is 47.3. The van der Waals surface area contributed by atoms with Gasteiger partial charge in [-0.3, -0.25) is 4.57 Å². The van der Waals surface area contributed by atoms with Crippen molar-refractivity contribution in [3.05, 3.63) is 175 Å². The number of ether oxygens (including phenoxy) is 3. The molecule has 0 saturated carbocycles. The fourth-order valence-electron chi connectivity index (χ4n) is 9.84. The maximum Gasteiger partial charge on any atom is 2.00 e. The van der Waals surface area contributed by atoms with Crippen LogP contribution in [0.4, 0.5) is 0 Å². The summed E-state index contributed by atoms with van der Waals surface area (Å²) in [5.74, 6) is -4.24. The van der Waals surface area contributed by atoms with Gasteiger partial charge in [-0.05, 0) is 93.5 Å². The number of hydrogen-bond acceptors (Lipinski definition) is 12. The van der Waals surface area contributed by atoms with E-state index in [1.54, 1.807) is 6.07 Å². The predicted molar refractivity (Wildman–Crippen MR) is 307 cm³/mol. The van der Waals surface area contributed by atoms with Crippen molar-refractivity contribution in [1.82, 2.24) is 34.9 Å². The molecule has 7 aromatic carbocycles. The minimum absolute atomic E-state index is 0. The van der Waals surface area contributed by atoms with Crippen molar-refractivity contribution < 1.29 is 75.5 Å². The molecule has 4 N–H and O–H groups in total. The molecule has 5 heterocycles. The van der Waals surface area contributed by atoms with Crippen LogP contribution in [0.3, 0.4) is 0 Å². The van der Waals surface area contributed by atoms with Gasteiger partial charge in [-0.1, -0.05) is 116 Å². The summed E-state index contributed by atoms with van der Waals surface area (Å²) >= 11 is 22.1. The third-order valence-corrected chi connectivity index (χ3v) is 15.1. The summed E-state index contributed by atoms with van der Waals surface area (Å²) < 4.78 is 20.4. The number of nitrogens with zero attached hydrogens (tertiary/aromatic N) is 8. The Balaban J connectivity index is 0.00000736. The van der Waals surface area contributed by atoms with Gasteiger partial charge in [-0.25, -0.2) is 24.2 Å². The average Bonchev–Trinajstić information content (AvgIpc) is 2.07. The van der Waals surface area contributed by atoms with Gasteiger partial charge >= 0.3 is 40.9 Å². The number of aromatic nitrogens is 8. The van der Waals surface area contributed by atoms with E-state index in [-0.39, 0.29) is 124 Å². The second-order valence-electron chi connectivity index (χ2n) is 20.4. The van der Waals surface area contributed by atoms with E-state index in [2.05, 4.69) is 32.9 Å². The van der Waals surface area contributed by atoms with E-state index in [9.17, 15) is 39.6 Å². The Hall–Kier alpha value is -9.43. The fourth-order valence-corrected chi connectivity index (χ4v) is 10.7. The number of rotatable bonds is 12. The van der Waals surface area contributed by atoms with Crippen LogP contribution < -0.4 is 28.7 Å². The number of carbonyl (C=O) groups is 4. The molecule has 12 rings (SSSR count). The van der Waals surface area contributed by atoms with Crippen LogP contribution in [0, 0.1) is 0 Å². The topological polar surface area (TPSA) is 273 Å². The Morgan fingerprint density at radius 2 is 0.940 bits per heavy atom. The van der Waals surface area contributed by atoms with Crippen molar-refractivity contribution in [2.75, 3.05) is 0 Å². The first-order chi connectivity index (χ1) is 39.7. The van der Waals surface area contributed by atoms with Crippen molar-refractivity contribution in [1.29, 1.82) is 0 Å². The molecule has 0 amide bonds. The van der Waals surface area contributed by atoms with E-state index in [4.69, 9.17) is 83.9 Å². The molecule has 0 fully saturated rings. The van der Waals surface area contributed by atoms with Crippen molar-refractivity contribution in [3.63, 3.8) is 0 Å². The molecule has 84 heavy (non-hydrogen) atoms. The molecule has 23 heteroatoms. The molecule has 0 saturated heterocycles. The quantitative estimate of drug-likeness (QED) is 0.0503. The number of carboxylic acids is 4. The van der Waals surface area contributed by atoms with Crippen molar-refractivity contribution in [3.8, 4) is 68.5 Å². The van der Waals surface area contributed by atoms with Gasteiger partial charge in [-0.2, -0.15) is 0 Å². The Kier molecular flexibility index (Phi) is 14.6. The van der Waals surface area contributed by atoms with Gasteiger partial charge in [-0.15, -0.1) is 0 Å². The first-order valence-corrected chi connectivity index (χ1v) is 26.4. The van der Waals surface area contributed by atoms with Crippen LogP contribution in [-0.4, -0.2) is 69.2 Å². The number of fused-ring (bicyclic) bond motifs is 20. The molecule has 421 valence electrons. The number of halogens is 3. The second kappa shape index (κ2) is 21.7. The van der Waals surface area contributed by atoms with Gasteiger partial charge in [0.05, 0.1) is 51.0 Å². The molecule has 10 aromatic rings. The smallest absolute Gasteiger partial charge is 0.489 e. The number of aromatic carboxylic acids is 4. The Morgan fingerprint density at radius 3 is 1.44 bits per heavy atom. The Bertz CT molecular complexity index is 4530. The standard InChI is InChI=1S/C61H41Cl3N8O11.Cu/c1-61(2,3)33-13-14-39-42(24-33)52-67-51(39)66-49-37-9-5-6-10-38(37)50(65-49)68-53-43-44(54(69-53)71-56-41-12-8-7-11-40(41)55(70-52)72(56)4)46(63)48(47(64)45(43)62)83-36-16-27(25-81-34-20-29(57(73)74)18-30(21-34)58(75)76)15-28(17-36)26-82-35-22-31(59(77)78)19-32(23-35)60(79)80;/h5-24H,25-26H2,1-4H3,(H5,65,66,67,68,69,70,71,73,74,75,76,77,78,79,80);/q;+2/p-1. The summed E-state index contributed by atoms with van der Waals surface area (Å²) in [6, 6.07) is 32.6. The summed E-state index contributed by atoms with van der Waals surface area (Å²) in [7, 11) is 1.83. The molecule has 8 bridgehead atoms. The minimum Gasteiger partial charge on any atom is -0.489 e. The van der Waals surface area contributed by atoms with Gasteiger partial charge in [0.1, 0.15) is 47.1 Å². The molecule has 2 aliphatic rings. The van der Waals surface area contributed by atoms with E-state index in [1.165, 1.54) is 12.1 Å². The molecule has 0 spiro atoms. The monoisotopic (exact) mass is 1230 g/mol. The normalized spacial score (nSPS) is 11.7. The second-order valence-corrected chi connectivity index (χ2v) is 21.6. The zero-order valence-electron chi connectivity index (χ0n) is 44.1. The van der Waals surface area contributed by atoms with E-state index >= 15 is 0 Å². The molecule has 0 aliphatic carbocycles. The first kappa shape index (κ1) is 56.4. The van der Waals surface area contributed by atoms with Crippen LogP contribution in [0.5, 0.6) is 23.0 Å². The van der Waals surface area contributed by atoms with Crippen LogP contribution in [0.2, 0.25) is 15.1 Å². The molecule has 0 atom stereocenters. The maximum atomic E-state index is 12.0. The largest absolute Gasteiger partial charge is 2.00 e.